The first-order valence-corrected chi connectivity index (χ1v) is 18.7. The normalized spacial score (nSPS) is 19.2. The van der Waals surface area contributed by atoms with Gasteiger partial charge < -0.3 is 10.2 Å². The molecule has 46 heavy (non-hydrogen) atoms. The highest BCUT2D eigenvalue weighted by molar-refractivity contribution is 7.80. The number of hydrogen-bond donors (Lipinski definition) is 2. The summed E-state index contributed by atoms with van der Waals surface area (Å²) >= 11 is 0. The maximum atomic E-state index is 10.9. The summed E-state index contributed by atoms with van der Waals surface area (Å²) < 4.78 is 0. The molecule has 6 aromatic rings. The van der Waals surface area contributed by atoms with Crippen molar-refractivity contribution in [3.8, 4) is 0 Å². The standard InChI is InChI=1S/C42H38O2P2/c43-29-37-38(30-44)42(36-26-14-16-28-40(36)46(33-21-9-3-10-22-33)34-23-11-4-12-24-34)41(37)35-25-13-15-27-39(35)45(31-17-5-1-6-18-31)32-19-7-2-8-20-32/h1-28,37-38,41-44H,29-30H2/t37-,38-,41-,42-/m0/s1. The van der Waals surface area contributed by atoms with Crippen molar-refractivity contribution >= 4 is 47.7 Å². The predicted octanol–water partition coefficient (Wildman–Crippen LogP) is 6.30. The van der Waals surface area contributed by atoms with Crippen LogP contribution in [0.5, 0.6) is 0 Å². The van der Waals surface area contributed by atoms with E-state index in [4.69, 9.17) is 0 Å². The monoisotopic (exact) mass is 636 g/mol. The van der Waals surface area contributed by atoms with Crippen molar-refractivity contribution in [2.24, 2.45) is 11.8 Å². The van der Waals surface area contributed by atoms with Gasteiger partial charge in [-0.15, -0.1) is 0 Å². The van der Waals surface area contributed by atoms with Gasteiger partial charge in [0.05, 0.1) is 0 Å². The highest BCUT2D eigenvalue weighted by atomic mass is 31.1. The second kappa shape index (κ2) is 14.3. The highest BCUT2D eigenvalue weighted by Crippen LogP contribution is 2.58. The van der Waals surface area contributed by atoms with Crippen molar-refractivity contribution in [3.05, 3.63) is 181 Å². The number of aliphatic hydroxyl groups excluding tert-OH is 2. The lowest BCUT2D eigenvalue weighted by Gasteiger charge is -2.53. The molecular formula is C42H38O2P2. The highest BCUT2D eigenvalue weighted by Gasteiger charge is 2.52. The molecule has 1 fully saturated rings. The summed E-state index contributed by atoms with van der Waals surface area (Å²) in [6.07, 6.45) is 0. The Labute approximate surface area is 274 Å². The fraction of sp³-hybridized carbons (Fsp3) is 0.143. The van der Waals surface area contributed by atoms with Crippen molar-refractivity contribution in [1.29, 1.82) is 0 Å². The van der Waals surface area contributed by atoms with Gasteiger partial charge in [0.15, 0.2) is 0 Å². The molecule has 0 amide bonds. The fourth-order valence-corrected chi connectivity index (χ4v) is 12.4. The molecule has 0 aromatic heterocycles. The fourth-order valence-electron chi connectivity index (χ4n) is 7.37. The Morgan fingerprint density at radius 3 is 0.891 bits per heavy atom. The summed E-state index contributed by atoms with van der Waals surface area (Å²) in [6.45, 7) is 0.0905. The van der Waals surface area contributed by atoms with Crippen molar-refractivity contribution in [3.63, 3.8) is 0 Å². The van der Waals surface area contributed by atoms with Crippen LogP contribution in [-0.4, -0.2) is 23.4 Å². The van der Waals surface area contributed by atoms with E-state index < -0.39 is 15.8 Å². The summed E-state index contributed by atoms with van der Waals surface area (Å²) in [5, 5.41) is 29.6. The molecule has 1 saturated carbocycles. The molecule has 4 atom stereocenters. The van der Waals surface area contributed by atoms with Crippen LogP contribution < -0.4 is 31.8 Å². The second-order valence-electron chi connectivity index (χ2n) is 11.9. The third-order valence-corrected chi connectivity index (χ3v) is 14.4. The maximum Gasteiger partial charge on any atom is 0.0469 e. The van der Waals surface area contributed by atoms with Crippen LogP contribution in [0, 0.1) is 11.8 Å². The summed E-state index contributed by atoms with van der Waals surface area (Å²) in [6, 6.07) is 61.1. The minimum Gasteiger partial charge on any atom is -0.396 e. The Hall–Kier alpha value is -3.90. The van der Waals surface area contributed by atoms with Gasteiger partial charge in [0.1, 0.15) is 0 Å². The van der Waals surface area contributed by atoms with Crippen LogP contribution >= 0.6 is 15.8 Å². The van der Waals surface area contributed by atoms with E-state index in [9.17, 15) is 10.2 Å². The number of benzene rings is 6. The van der Waals surface area contributed by atoms with Crippen molar-refractivity contribution in [1.82, 2.24) is 0 Å². The van der Waals surface area contributed by atoms with Gasteiger partial charge in [-0.2, -0.15) is 0 Å². The average Bonchev–Trinajstić information content (AvgIpc) is 3.12. The summed E-state index contributed by atoms with van der Waals surface area (Å²) in [5.74, 6) is 0.0696. The van der Waals surface area contributed by atoms with Gasteiger partial charge in [0, 0.05) is 13.2 Å². The van der Waals surface area contributed by atoms with E-state index in [0.29, 0.717) is 0 Å². The van der Waals surface area contributed by atoms with Gasteiger partial charge in [-0.05, 0) is 82.5 Å². The molecule has 1 aliphatic rings. The van der Waals surface area contributed by atoms with Crippen LogP contribution in [0.15, 0.2) is 170 Å². The average molecular weight is 637 g/mol. The third-order valence-electron chi connectivity index (χ3n) is 9.41. The first-order chi connectivity index (χ1) is 22.8. The van der Waals surface area contributed by atoms with Crippen molar-refractivity contribution in [2.45, 2.75) is 11.8 Å². The molecule has 0 bridgehead atoms. The van der Waals surface area contributed by atoms with Crippen LogP contribution in [-0.2, 0) is 0 Å². The molecule has 2 N–H and O–H groups in total. The molecule has 0 aliphatic heterocycles. The Balaban J connectivity index is 1.40. The Morgan fingerprint density at radius 1 is 0.348 bits per heavy atom. The van der Waals surface area contributed by atoms with Gasteiger partial charge in [-0.3, -0.25) is 0 Å². The first kappa shape index (κ1) is 30.7. The molecule has 1 aliphatic carbocycles. The molecule has 0 saturated heterocycles. The molecule has 2 nitrogen and oxygen atoms in total. The Morgan fingerprint density at radius 2 is 0.609 bits per heavy atom. The molecule has 0 spiro atoms. The van der Waals surface area contributed by atoms with Crippen molar-refractivity contribution in [2.75, 3.05) is 13.2 Å². The third kappa shape index (κ3) is 5.88. The van der Waals surface area contributed by atoms with Crippen LogP contribution in [0.3, 0.4) is 0 Å². The van der Waals surface area contributed by atoms with Gasteiger partial charge in [0.2, 0.25) is 0 Å². The molecular weight excluding hydrogens is 598 g/mol. The van der Waals surface area contributed by atoms with Gasteiger partial charge in [0.25, 0.3) is 0 Å². The zero-order valence-corrected chi connectivity index (χ0v) is 27.5. The van der Waals surface area contributed by atoms with Gasteiger partial charge >= 0.3 is 0 Å². The lowest BCUT2D eigenvalue weighted by Crippen LogP contribution is -2.50. The maximum absolute atomic E-state index is 10.9. The van der Waals surface area contributed by atoms with Crippen LogP contribution in [0.1, 0.15) is 23.0 Å². The Kier molecular flexibility index (Phi) is 9.52. The van der Waals surface area contributed by atoms with E-state index in [-0.39, 0.29) is 36.9 Å². The molecule has 0 heterocycles. The number of rotatable bonds is 10. The SMILES string of the molecule is OC[C@H]1[C@H](CO)[C@H](c2ccccc2P(c2ccccc2)c2ccccc2)[C@H]1c1ccccc1P(c1ccccc1)c1ccccc1. The molecule has 6 aromatic carbocycles. The molecule has 4 heteroatoms. The summed E-state index contributed by atoms with van der Waals surface area (Å²) in [7, 11) is -1.67. The smallest absolute Gasteiger partial charge is 0.0469 e. The summed E-state index contributed by atoms with van der Waals surface area (Å²) in [5.41, 5.74) is 2.57. The largest absolute Gasteiger partial charge is 0.396 e. The second-order valence-corrected chi connectivity index (χ2v) is 16.2. The minimum atomic E-state index is -0.834. The van der Waals surface area contributed by atoms with E-state index in [1.807, 2.05) is 0 Å². The quantitative estimate of drug-likeness (QED) is 0.173. The molecule has 7 rings (SSSR count). The van der Waals surface area contributed by atoms with E-state index >= 15 is 0 Å². The lowest BCUT2D eigenvalue weighted by molar-refractivity contribution is -0.00241. The van der Waals surface area contributed by atoms with Crippen LogP contribution in [0.4, 0.5) is 0 Å². The zero-order chi connectivity index (χ0) is 31.3. The van der Waals surface area contributed by atoms with Gasteiger partial charge in [-0.1, -0.05) is 170 Å². The molecule has 0 radical (unpaired) electrons. The summed E-state index contributed by atoms with van der Waals surface area (Å²) in [4.78, 5) is 0. The van der Waals surface area contributed by atoms with E-state index in [1.54, 1.807) is 0 Å². The minimum absolute atomic E-state index is 0.0349. The van der Waals surface area contributed by atoms with E-state index in [1.165, 1.54) is 43.0 Å². The number of aliphatic hydroxyl groups is 2. The lowest BCUT2D eigenvalue weighted by atomic mass is 9.53. The van der Waals surface area contributed by atoms with Crippen molar-refractivity contribution < 1.29 is 10.2 Å². The predicted molar refractivity (Wildman–Crippen MR) is 197 cm³/mol. The van der Waals surface area contributed by atoms with Gasteiger partial charge in [-0.25, -0.2) is 0 Å². The van der Waals surface area contributed by atoms with Crippen LogP contribution in [0.25, 0.3) is 0 Å². The van der Waals surface area contributed by atoms with E-state index in [0.717, 1.165) is 0 Å². The molecule has 0 unspecified atom stereocenters. The topological polar surface area (TPSA) is 40.5 Å². The number of hydrogen-bond acceptors (Lipinski definition) is 2. The van der Waals surface area contributed by atoms with E-state index in [2.05, 4.69) is 170 Å². The van der Waals surface area contributed by atoms with Crippen LogP contribution in [0.2, 0.25) is 0 Å². The Bertz CT molecular complexity index is 1630. The molecule has 228 valence electrons. The zero-order valence-electron chi connectivity index (χ0n) is 25.7. The first-order valence-electron chi connectivity index (χ1n) is 16.0.